The van der Waals surface area contributed by atoms with Crippen molar-refractivity contribution in [2.75, 3.05) is 6.61 Å². The maximum absolute atomic E-state index is 6.03. The highest BCUT2D eigenvalue weighted by Gasteiger charge is 2.22. The van der Waals surface area contributed by atoms with Gasteiger partial charge in [0.05, 0.1) is 0 Å². The van der Waals surface area contributed by atoms with Crippen LogP contribution in [0.2, 0.25) is 0 Å². The molecule has 0 saturated carbocycles. The molecule has 2 heterocycles. The van der Waals surface area contributed by atoms with E-state index in [0.29, 0.717) is 6.61 Å². The van der Waals surface area contributed by atoms with E-state index in [1.54, 1.807) is 0 Å². The molecule has 4 rings (SSSR count). The Balaban J connectivity index is 1.47. The average molecular weight is 306 g/mol. The van der Waals surface area contributed by atoms with Gasteiger partial charge in [0.1, 0.15) is 18.5 Å². The van der Waals surface area contributed by atoms with Gasteiger partial charge in [0, 0.05) is 25.4 Å². The van der Waals surface area contributed by atoms with Gasteiger partial charge in [0.15, 0.2) is 11.5 Å². The first-order valence-electron chi connectivity index (χ1n) is 7.81. The van der Waals surface area contributed by atoms with Gasteiger partial charge >= 0.3 is 0 Å². The predicted molar refractivity (Wildman–Crippen MR) is 87.8 cm³/mol. The lowest BCUT2D eigenvalue weighted by atomic mass is 10.2. The van der Waals surface area contributed by atoms with Crippen molar-refractivity contribution in [1.29, 1.82) is 0 Å². The summed E-state index contributed by atoms with van der Waals surface area (Å²) in [5.41, 5.74) is 1.26. The molecular formula is C19H18N2O2. The first kappa shape index (κ1) is 13.9. The van der Waals surface area contributed by atoms with Crippen molar-refractivity contribution in [2.45, 2.75) is 19.1 Å². The number of benzene rings is 2. The molecule has 4 heteroatoms. The summed E-state index contributed by atoms with van der Waals surface area (Å²) in [6.07, 6.45) is 4.58. The Kier molecular flexibility index (Phi) is 3.72. The van der Waals surface area contributed by atoms with Crippen molar-refractivity contribution in [3.8, 4) is 11.5 Å². The van der Waals surface area contributed by atoms with Crippen LogP contribution in [0, 0.1) is 0 Å². The van der Waals surface area contributed by atoms with E-state index >= 15 is 0 Å². The molecule has 0 spiro atoms. The second-order valence-corrected chi connectivity index (χ2v) is 5.66. The van der Waals surface area contributed by atoms with Crippen LogP contribution in [0.1, 0.15) is 11.4 Å². The fourth-order valence-corrected chi connectivity index (χ4v) is 2.82. The third-order valence-corrected chi connectivity index (χ3v) is 3.98. The molecule has 0 amide bonds. The van der Waals surface area contributed by atoms with Gasteiger partial charge in [0.2, 0.25) is 0 Å². The summed E-state index contributed by atoms with van der Waals surface area (Å²) in [4.78, 5) is 4.49. The summed E-state index contributed by atoms with van der Waals surface area (Å²) in [6, 6.07) is 18.2. The Morgan fingerprint density at radius 2 is 1.78 bits per heavy atom. The molecule has 1 aromatic heterocycles. The van der Waals surface area contributed by atoms with Gasteiger partial charge in [-0.2, -0.15) is 0 Å². The predicted octanol–water partition coefficient (Wildman–Crippen LogP) is 3.31. The van der Waals surface area contributed by atoms with Crippen molar-refractivity contribution in [2.24, 2.45) is 0 Å². The Bertz CT molecular complexity index is 783. The third kappa shape index (κ3) is 3.06. The third-order valence-electron chi connectivity index (χ3n) is 3.98. The van der Waals surface area contributed by atoms with Gasteiger partial charge in [-0.3, -0.25) is 0 Å². The van der Waals surface area contributed by atoms with Crippen LogP contribution < -0.4 is 9.47 Å². The maximum atomic E-state index is 6.03. The monoisotopic (exact) mass is 306 g/mol. The summed E-state index contributed by atoms with van der Waals surface area (Å²) >= 11 is 0. The van der Waals surface area contributed by atoms with Gasteiger partial charge in [-0.15, -0.1) is 0 Å². The highest BCUT2D eigenvalue weighted by atomic mass is 16.6. The van der Waals surface area contributed by atoms with E-state index in [4.69, 9.17) is 9.47 Å². The molecule has 4 nitrogen and oxygen atoms in total. The minimum Gasteiger partial charge on any atom is -0.486 e. The number of fused-ring (bicyclic) bond motifs is 1. The molecule has 1 aliphatic heterocycles. The van der Waals surface area contributed by atoms with E-state index in [1.807, 2.05) is 42.7 Å². The molecule has 0 saturated heterocycles. The van der Waals surface area contributed by atoms with Crippen molar-refractivity contribution in [1.82, 2.24) is 9.55 Å². The van der Waals surface area contributed by atoms with Crippen LogP contribution in [0.3, 0.4) is 0 Å². The Morgan fingerprint density at radius 3 is 2.65 bits per heavy atom. The van der Waals surface area contributed by atoms with Crippen LogP contribution in [0.15, 0.2) is 67.0 Å². The number of aromatic nitrogens is 2. The normalized spacial score (nSPS) is 16.3. The largest absolute Gasteiger partial charge is 0.486 e. The minimum absolute atomic E-state index is 0.0122. The van der Waals surface area contributed by atoms with E-state index in [9.17, 15) is 0 Å². The molecule has 1 aliphatic rings. The van der Waals surface area contributed by atoms with Crippen LogP contribution in [-0.2, 0) is 13.0 Å². The van der Waals surface area contributed by atoms with Crippen molar-refractivity contribution >= 4 is 0 Å². The molecule has 0 N–H and O–H groups in total. The summed E-state index contributed by atoms with van der Waals surface area (Å²) in [7, 11) is 0. The van der Waals surface area contributed by atoms with Gasteiger partial charge in [0.25, 0.3) is 0 Å². The molecule has 0 aliphatic carbocycles. The number of ether oxygens (including phenoxy) is 2. The summed E-state index contributed by atoms with van der Waals surface area (Å²) < 4.78 is 14.0. The van der Waals surface area contributed by atoms with E-state index in [0.717, 1.165) is 30.3 Å². The number of hydrogen-bond acceptors (Lipinski definition) is 3. The molecule has 3 aromatic rings. The van der Waals surface area contributed by atoms with E-state index in [-0.39, 0.29) is 6.10 Å². The smallest absolute Gasteiger partial charge is 0.161 e. The van der Waals surface area contributed by atoms with E-state index in [1.165, 1.54) is 5.56 Å². The summed E-state index contributed by atoms with van der Waals surface area (Å²) in [6.45, 7) is 1.37. The lowest BCUT2D eigenvalue weighted by molar-refractivity contribution is 0.0893. The Hall–Kier alpha value is -2.75. The van der Waals surface area contributed by atoms with Crippen LogP contribution in [0.25, 0.3) is 0 Å². The number of hydrogen-bond donors (Lipinski definition) is 0. The van der Waals surface area contributed by atoms with E-state index in [2.05, 4.69) is 33.8 Å². The summed E-state index contributed by atoms with van der Waals surface area (Å²) in [5, 5.41) is 0. The molecular weight excluding hydrogens is 288 g/mol. The number of rotatable bonds is 4. The van der Waals surface area contributed by atoms with Crippen LogP contribution >= 0.6 is 0 Å². The average Bonchev–Trinajstić information content (AvgIpc) is 3.02. The van der Waals surface area contributed by atoms with Gasteiger partial charge < -0.3 is 14.0 Å². The minimum atomic E-state index is -0.0122. The number of para-hydroxylation sites is 2. The van der Waals surface area contributed by atoms with Crippen LogP contribution in [0.5, 0.6) is 11.5 Å². The number of imidazole rings is 1. The highest BCUT2D eigenvalue weighted by molar-refractivity contribution is 5.40. The molecule has 0 bridgehead atoms. The molecule has 23 heavy (non-hydrogen) atoms. The fraction of sp³-hybridized carbons (Fsp3) is 0.211. The maximum Gasteiger partial charge on any atom is 0.161 e. The molecule has 1 atom stereocenters. The zero-order valence-electron chi connectivity index (χ0n) is 12.8. The lowest BCUT2D eigenvalue weighted by Gasteiger charge is -2.26. The molecule has 0 fully saturated rings. The first-order valence-corrected chi connectivity index (χ1v) is 7.81. The standard InChI is InChI=1S/C19H18N2O2/c1-2-6-15(7-3-1)13-21-11-10-20-19(21)12-16-14-22-17-8-4-5-9-18(17)23-16/h1-11,16H,12-14H2. The van der Waals surface area contributed by atoms with Gasteiger partial charge in [-0.05, 0) is 17.7 Å². The van der Waals surface area contributed by atoms with Gasteiger partial charge in [-0.25, -0.2) is 4.98 Å². The second-order valence-electron chi connectivity index (χ2n) is 5.66. The fourth-order valence-electron chi connectivity index (χ4n) is 2.82. The zero-order chi connectivity index (χ0) is 15.5. The first-order chi connectivity index (χ1) is 11.4. The van der Waals surface area contributed by atoms with Gasteiger partial charge in [-0.1, -0.05) is 42.5 Å². The molecule has 0 radical (unpaired) electrons. The summed E-state index contributed by atoms with van der Waals surface area (Å²) in [5.74, 6) is 2.64. The zero-order valence-corrected chi connectivity index (χ0v) is 12.8. The Morgan fingerprint density at radius 1 is 1.00 bits per heavy atom. The van der Waals surface area contributed by atoms with Crippen molar-refractivity contribution in [3.63, 3.8) is 0 Å². The second kappa shape index (κ2) is 6.16. The van der Waals surface area contributed by atoms with Crippen LogP contribution in [-0.4, -0.2) is 22.3 Å². The SMILES string of the molecule is c1ccc(Cn2ccnc2CC2COc3ccccc3O2)cc1. The Labute approximate surface area is 135 Å². The number of nitrogens with zero attached hydrogens (tertiary/aromatic N) is 2. The van der Waals surface area contributed by atoms with Crippen molar-refractivity contribution in [3.05, 3.63) is 78.4 Å². The molecule has 116 valence electrons. The highest BCUT2D eigenvalue weighted by Crippen LogP contribution is 2.31. The molecule has 2 aromatic carbocycles. The van der Waals surface area contributed by atoms with Crippen LogP contribution in [0.4, 0.5) is 0 Å². The topological polar surface area (TPSA) is 36.3 Å². The lowest BCUT2D eigenvalue weighted by Crippen LogP contribution is -2.32. The molecule has 1 unspecified atom stereocenters. The quantitative estimate of drug-likeness (QED) is 0.742. The van der Waals surface area contributed by atoms with E-state index < -0.39 is 0 Å². The van der Waals surface area contributed by atoms with Crippen molar-refractivity contribution < 1.29 is 9.47 Å².